The summed E-state index contributed by atoms with van der Waals surface area (Å²) in [5, 5.41) is 8.54. The minimum atomic E-state index is -0.833. The van der Waals surface area contributed by atoms with Gasteiger partial charge in [0.25, 0.3) is 0 Å². The molecule has 1 saturated heterocycles. The normalized spacial score (nSPS) is 20.9. The summed E-state index contributed by atoms with van der Waals surface area (Å²) in [7, 11) is 0. The zero-order chi connectivity index (χ0) is 11.4. The van der Waals surface area contributed by atoms with Gasteiger partial charge in [0.2, 0.25) is 0 Å². The minimum absolute atomic E-state index is 0.0567. The lowest BCUT2D eigenvalue weighted by Crippen LogP contribution is -2.15. The van der Waals surface area contributed by atoms with Crippen LogP contribution in [0.4, 0.5) is 0 Å². The van der Waals surface area contributed by atoms with E-state index in [1.54, 1.807) is 6.26 Å². The summed E-state index contributed by atoms with van der Waals surface area (Å²) in [4.78, 5) is 14.7. The van der Waals surface area contributed by atoms with Gasteiger partial charge in [0.05, 0.1) is 18.7 Å². The molecule has 2 rings (SSSR count). The summed E-state index contributed by atoms with van der Waals surface area (Å²) in [5.41, 5.74) is 0.889. The summed E-state index contributed by atoms with van der Waals surface area (Å²) in [6.07, 6.45) is 4.13. The topological polar surface area (TPSA) is 72.6 Å². The zero-order valence-electron chi connectivity index (χ0n) is 9.02. The number of aryl methyl sites for hydroxylation is 1. The Hall–Kier alpha value is -1.36. The fourth-order valence-corrected chi connectivity index (χ4v) is 1.82. The molecule has 1 unspecified atom stereocenters. The molecule has 1 atom stereocenters. The van der Waals surface area contributed by atoms with Gasteiger partial charge in [-0.25, -0.2) is 4.98 Å². The number of hydrogen-bond donors (Lipinski definition) is 1. The van der Waals surface area contributed by atoms with E-state index >= 15 is 0 Å². The van der Waals surface area contributed by atoms with Gasteiger partial charge in [0, 0.05) is 18.9 Å². The monoisotopic (exact) mass is 225 g/mol. The molecule has 0 aliphatic carbocycles. The fraction of sp³-hybridized carbons (Fsp3) is 0.636. The Morgan fingerprint density at radius 3 is 3.19 bits per heavy atom. The molecule has 0 saturated carbocycles. The molecule has 1 aliphatic rings. The van der Waals surface area contributed by atoms with Gasteiger partial charge in [0.1, 0.15) is 6.26 Å². The molecule has 0 aromatic carbocycles. The first-order valence-electron chi connectivity index (χ1n) is 5.49. The van der Waals surface area contributed by atoms with E-state index in [0.717, 1.165) is 25.1 Å². The van der Waals surface area contributed by atoms with Crippen molar-refractivity contribution >= 4 is 5.97 Å². The average molecular weight is 225 g/mol. The van der Waals surface area contributed by atoms with Crippen LogP contribution in [0.2, 0.25) is 0 Å². The maximum absolute atomic E-state index is 10.4. The van der Waals surface area contributed by atoms with Crippen LogP contribution >= 0.6 is 0 Å². The highest BCUT2D eigenvalue weighted by atomic mass is 16.5. The standard InChI is InChI=1S/C11H15NO4/c13-11(14)4-3-10-12-9(7-16-10)8-2-1-5-15-6-8/h7-8H,1-6H2,(H,13,14). The van der Waals surface area contributed by atoms with Crippen LogP contribution in [0.1, 0.15) is 36.8 Å². The maximum Gasteiger partial charge on any atom is 0.303 e. The molecule has 5 nitrogen and oxygen atoms in total. The van der Waals surface area contributed by atoms with Gasteiger partial charge < -0.3 is 14.3 Å². The van der Waals surface area contributed by atoms with Crippen LogP contribution in [-0.4, -0.2) is 29.3 Å². The largest absolute Gasteiger partial charge is 0.481 e. The Kier molecular flexibility index (Phi) is 3.56. The van der Waals surface area contributed by atoms with Crippen molar-refractivity contribution in [2.24, 2.45) is 0 Å². The van der Waals surface area contributed by atoms with E-state index in [2.05, 4.69) is 4.98 Å². The summed E-state index contributed by atoms with van der Waals surface area (Å²) < 4.78 is 10.6. The van der Waals surface area contributed by atoms with E-state index in [9.17, 15) is 4.79 Å². The van der Waals surface area contributed by atoms with Crippen molar-refractivity contribution in [2.45, 2.75) is 31.6 Å². The van der Waals surface area contributed by atoms with E-state index in [4.69, 9.17) is 14.3 Å². The Morgan fingerprint density at radius 1 is 1.62 bits per heavy atom. The van der Waals surface area contributed by atoms with E-state index in [0.29, 0.717) is 24.8 Å². The van der Waals surface area contributed by atoms with Crippen molar-refractivity contribution < 1.29 is 19.1 Å². The Bertz CT molecular complexity index is 355. The van der Waals surface area contributed by atoms with Crippen LogP contribution < -0.4 is 0 Å². The number of hydrogen-bond acceptors (Lipinski definition) is 4. The van der Waals surface area contributed by atoms with E-state index in [-0.39, 0.29) is 6.42 Å². The number of oxazole rings is 1. The molecule has 0 amide bonds. The van der Waals surface area contributed by atoms with Crippen LogP contribution in [0.25, 0.3) is 0 Å². The number of carboxylic acids is 1. The third kappa shape index (κ3) is 2.82. The number of aromatic nitrogens is 1. The van der Waals surface area contributed by atoms with Gasteiger partial charge in [-0.05, 0) is 12.8 Å². The molecule has 0 bridgehead atoms. The van der Waals surface area contributed by atoms with Crippen molar-refractivity contribution in [2.75, 3.05) is 13.2 Å². The molecule has 1 N–H and O–H groups in total. The molecule has 16 heavy (non-hydrogen) atoms. The summed E-state index contributed by atoms with van der Waals surface area (Å²) in [6.45, 7) is 1.51. The Balaban J connectivity index is 1.93. The molecule has 1 fully saturated rings. The number of carboxylic acid groups (broad SMARTS) is 1. The lowest BCUT2D eigenvalue weighted by molar-refractivity contribution is -0.137. The SMILES string of the molecule is O=C(O)CCc1nc(C2CCCOC2)co1. The second-order valence-electron chi connectivity index (χ2n) is 3.97. The highest BCUT2D eigenvalue weighted by Gasteiger charge is 2.19. The third-order valence-corrected chi connectivity index (χ3v) is 2.70. The van der Waals surface area contributed by atoms with Gasteiger partial charge in [-0.2, -0.15) is 0 Å². The molecule has 0 radical (unpaired) electrons. The van der Waals surface area contributed by atoms with Gasteiger partial charge in [-0.3, -0.25) is 4.79 Å². The number of aliphatic carboxylic acids is 1. The molecule has 1 aromatic heterocycles. The fourth-order valence-electron chi connectivity index (χ4n) is 1.82. The van der Waals surface area contributed by atoms with Crippen LogP contribution in [0.5, 0.6) is 0 Å². The van der Waals surface area contributed by atoms with Gasteiger partial charge >= 0.3 is 5.97 Å². The van der Waals surface area contributed by atoms with E-state index < -0.39 is 5.97 Å². The molecule has 1 aliphatic heterocycles. The van der Waals surface area contributed by atoms with Crippen molar-refractivity contribution in [3.05, 3.63) is 17.8 Å². The first-order chi connectivity index (χ1) is 7.75. The van der Waals surface area contributed by atoms with Crippen LogP contribution in [-0.2, 0) is 16.0 Å². The van der Waals surface area contributed by atoms with Crippen LogP contribution in [0.3, 0.4) is 0 Å². The number of carbonyl (C=O) groups is 1. The molecule has 5 heteroatoms. The minimum Gasteiger partial charge on any atom is -0.481 e. The Morgan fingerprint density at radius 2 is 2.50 bits per heavy atom. The third-order valence-electron chi connectivity index (χ3n) is 2.70. The lowest BCUT2D eigenvalue weighted by Gasteiger charge is -2.19. The molecule has 0 spiro atoms. The Labute approximate surface area is 93.4 Å². The first kappa shape index (κ1) is 11.1. The quantitative estimate of drug-likeness (QED) is 0.842. The van der Waals surface area contributed by atoms with Gasteiger partial charge in [0.15, 0.2) is 5.89 Å². The van der Waals surface area contributed by atoms with Crippen molar-refractivity contribution in [1.29, 1.82) is 0 Å². The summed E-state index contributed by atoms with van der Waals surface area (Å²) >= 11 is 0. The van der Waals surface area contributed by atoms with Crippen molar-refractivity contribution in [3.8, 4) is 0 Å². The molecule has 1 aromatic rings. The van der Waals surface area contributed by atoms with Crippen molar-refractivity contribution in [3.63, 3.8) is 0 Å². The van der Waals surface area contributed by atoms with E-state index in [1.807, 2.05) is 0 Å². The molecule has 2 heterocycles. The smallest absolute Gasteiger partial charge is 0.303 e. The van der Waals surface area contributed by atoms with Crippen LogP contribution in [0.15, 0.2) is 10.7 Å². The molecular weight excluding hydrogens is 210 g/mol. The van der Waals surface area contributed by atoms with Gasteiger partial charge in [-0.1, -0.05) is 0 Å². The maximum atomic E-state index is 10.4. The number of nitrogens with zero attached hydrogens (tertiary/aromatic N) is 1. The highest BCUT2D eigenvalue weighted by Crippen LogP contribution is 2.24. The predicted molar refractivity (Wildman–Crippen MR) is 55.3 cm³/mol. The zero-order valence-corrected chi connectivity index (χ0v) is 9.02. The second-order valence-corrected chi connectivity index (χ2v) is 3.97. The average Bonchev–Trinajstić information content (AvgIpc) is 2.76. The summed E-state index contributed by atoms with van der Waals surface area (Å²) in [5.74, 6) is -0.0280. The van der Waals surface area contributed by atoms with E-state index in [1.165, 1.54) is 0 Å². The summed E-state index contributed by atoms with van der Waals surface area (Å²) in [6, 6.07) is 0. The first-order valence-corrected chi connectivity index (χ1v) is 5.49. The molecular formula is C11H15NO4. The van der Waals surface area contributed by atoms with Crippen molar-refractivity contribution in [1.82, 2.24) is 4.98 Å². The van der Waals surface area contributed by atoms with Gasteiger partial charge in [-0.15, -0.1) is 0 Å². The highest BCUT2D eigenvalue weighted by molar-refractivity contribution is 5.66. The second kappa shape index (κ2) is 5.12. The predicted octanol–water partition coefficient (Wildman–Crippen LogP) is 1.59. The van der Waals surface area contributed by atoms with Crippen LogP contribution in [0, 0.1) is 0 Å². The number of ether oxygens (including phenoxy) is 1. The lowest BCUT2D eigenvalue weighted by atomic mass is 10.00. The molecule has 88 valence electrons. The number of rotatable bonds is 4.